The van der Waals surface area contributed by atoms with Crippen molar-refractivity contribution in [2.75, 3.05) is 20.2 Å². The molecular weight excluding hydrogens is 212 g/mol. The van der Waals surface area contributed by atoms with Gasteiger partial charge in [0.15, 0.2) is 17.4 Å². The van der Waals surface area contributed by atoms with Gasteiger partial charge in [0.2, 0.25) is 0 Å². The molecule has 16 heavy (non-hydrogen) atoms. The number of piperidine rings is 1. The lowest BCUT2D eigenvalue weighted by atomic mass is 9.91. The summed E-state index contributed by atoms with van der Waals surface area (Å²) in [5.41, 5.74) is 0.711. The summed E-state index contributed by atoms with van der Waals surface area (Å²) in [7, 11) is 1.27. The van der Waals surface area contributed by atoms with Crippen molar-refractivity contribution in [3.05, 3.63) is 29.3 Å². The van der Waals surface area contributed by atoms with Gasteiger partial charge in [-0.15, -0.1) is 0 Å². The summed E-state index contributed by atoms with van der Waals surface area (Å²) in [5.74, 6) is -1.35. The minimum absolute atomic E-state index is 0.198. The maximum Gasteiger partial charge on any atom is 0.190 e. The first-order valence-electron chi connectivity index (χ1n) is 5.46. The normalized spacial score (nSPS) is 20.8. The second-order valence-electron chi connectivity index (χ2n) is 4.06. The van der Waals surface area contributed by atoms with Gasteiger partial charge in [0.1, 0.15) is 0 Å². The van der Waals surface area contributed by atoms with Gasteiger partial charge in [-0.05, 0) is 43.0 Å². The monoisotopic (exact) mass is 227 g/mol. The number of hydrogen-bond donors (Lipinski definition) is 1. The second-order valence-corrected chi connectivity index (χ2v) is 4.06. The Balaban J connectivity index is 2.28. The summed E-state index contributed by atoms with van der Waals surface area (Å²) in [5, 5.41) is 3.22. The van der Waals surface area contributed by atoms with Crippen LogP contribution in [0.25, 0.3) is 0 Å². The standard InChI is InChI=1S/C12H15F2NO/c1-16-12-10(13)5-9(6-11(12)14)8-3-2-4-15-7-8/h5-6,8,15H,2-4,7H2,1H3. The van der Waals surface area contributed by atoms with Crippen molar-refractivity contribution in [3.8, 4) is 5.75 Å². The van der Waals surface area contributed by atoms with E-state index in [1.165, 1.54) is 19.2 Å². The van der Waals surface area contributed by atoms with Crippen molar-refractivity contribution >= 4 is 0 Å². The van der Waals surface area contributed by atoms with Crippen molar-refractivity contribution in [1.29, 1.82) is 0 Å². The van der Waals surface area contributed by atoms with Crippen molar-refractivity contribution in [1.82, 2.24) is 5.32 Å². The van der Waals surface area contributed by atoms with E-state index in [9.17, 15) is 8.78 Å². The molecule has 2 nitrogen and oxygen atoms in total. The lowest BCUT2D eigenvalue weighted by molar-refractivity contribution is 0.357. The van der Waals surface area contributed by atoms with Gasteiger partial charge in [-0.2, -0.15) is 0 Å². The highest BCUT2D eigenvalue weighted by Gasteiger charge is 2.19. The molecule has 1 aliphatic heterocycles. The summed E-state index contributed by atoms with van der Waals surface area (Å²) in [6.07, 6.45) is 2.01. The molecule has 1 aromatic carbocycles. The number of ether oxygens (including phenoxy) is 1. The third-order valence-electron chi connectivity index (χ3n) is 2.99. The molecule has 1 unspecified atom stereocenters. The fourth-order valence-electron chi connectivity index (χ4n) is 2.15. The van der Waals surface area contributed by atoms with E-state index < -0.39 is 11.6 Å². The van der Waals surface area contributed by atoms with E-state index in [1.54, 1.807) is 0 Å². The first-order chi connectivity index (χ1) is 7.72. The molecule has 1 aliphatic rings. The van der Waals surface area contributed by atoms with Crippen molar-refractivity contribution < 1.29 is 13.5 Å². The van der Waals surface area contributed by atoms with Crippen LogP contribution >= 0.6 is 0 Å². The molecule has 1 heterocycles. The Labute approximate surface area is 93.6 Å². The number of rotatable bonds is 2. The number of methoxy groups -OCH3 is 1. The zero-order valence-electron chi connectivity index (χ0n) is 9.22. The van der Waals surface area contributed by atoms with E-state index in [1.807, 2.05) is 0 Å². The first-order valence-corrected chi connectivity index (χ1v) is 5.46. The molecule has 0 amide bonds. The fourth-order valence-corrected chi connectivity index (χ4v) is 2.15. The van der Waals surface area contributed by atoms with Crippen LogP contribution in [-0.4, -0.2) is 20.2 Å². The number of benzene rings is 1. The van der Waals surface area contributed by atoms with Gasteiger partial charge in [0.05, 0.1) is 7.11 Å². The Morgan fingerprint density at radius 1 is 1.31 bits per heavy atom. The second kappa shape index (κ2) is 4.78. The fraction of sp³-hybridized carbons (Fsp3) is 0.500. The average Bonchev–Trinajstić information content (AvgIpc) is 2.30. The molecular formula is C12H15F2NO. The van der Waals surface area contributed by atoms with Gasteiger partial charge in [0, 0.05) is 6.54 Å². The topological polar surface area (TPSA) is 21.3 Å². The van der Waals surface area contributed by atoms with Crippen molar-refractivity contribution in [2.45, 2.75) is 18.8 Å². The van der Waals surface area contributed by atoms with Gasteiger partial charge in [0.25, 0.3) is 0 Å². The van der Waals surface area contributed by atoms with E-state index in [4.69, 9.17) is 0 Å². The van der Waals surface area contributed by atoms with Gasteiger partial charge in [-0.1, -0.05) is 0 Å². The Hall–Kier alpha value is -1.16. The predicted octanol–water partition coefficient (Wildman–Crippen LogP) is 2.44. The molecule has 1 fully saturated rings. The van der Waals surface area contributed by atoms with Crippen LogP contribution in [0, 0.1) is 11.6 Å². The minimum atomic E-state index is -0.622. The molecule has 1 N–H and O–H groups in total. The van der Waals surface area contributed by atoms with Gasteiger partial charge < -0.3 is 10.1 Å². The maximum absolute atomic E-state index is 13.5. The molecule has 4 heteroatoms. The highest BCUT2D eigenvalue weighted by atomic mass is 19.1. The zero-order valence-corrected chi connectivity index (χ0v) is 9.22. The number of halogens is 2. The molecule has 1 aromatic rings. The molecule has 2 rings (SSSR count). The minimum Gasteiger partial charge on any atom is -0.491 e. The predicted molar refractivity (Wildman–Crippen MR) is 57.8 cm³/mol. The quantitative estimate of drug-likeness (QED) is 0.837. The lowest BCUT2D eigenvalue weighted by Crippen LogP contribution is -2.28. The van der Waals surface area contributed by atoms with Crippen LogP contribution in [0.15, 0.2) is 12.1 Å². The zero-order chi connectivity index (χ0) is 11.5. The Morgan fingerprint density at radius 2 is 2.00 bits per heavy atom. The van der Waals surface area contributed by atoms with Gasteiger partial charge in [-0.3, -0.25) is 0 Å². The molecule has 1 atom stereocenters. The lowest BCUT2D eigenvalue weighted by Gasteiger charge is -2.23. The molecule has 0 bridgehead atoms. The third kappa shape index (κ3) is 2.16. The summed E-state index contributed by atoms with van der Waals surface area (Å²) in [6, 6.07) is 2.75. The molecule has 0 aromatic heterocycles. The van der Waals surface area contributed by atoms with E-state index >= 15 is 0 Å². The van der Waals surface area contributed by atoms with Gasteiger partial charge in [-0.25, -0.2) is 8.78 Å². The van der Waals surface area contributed by atoms with E-state index in [0.717, 1.165) is 25.9 Å². The van der Waals surface area contributed by atoms with Crippen LogP contribution in [0.5, 0.6) is 5.75 Å². The summed E-state index contributed by atoms with van der Waals surface area (Å²) in [4.78, 5) is 0. The Kier molecular flexibility index (Phi) is 3.39. The highest BCUT2D eigenvalue weighted by Crippen LogP contribution is 2.29. The average molecular weight is 227 g/mol. The van der Waals surface area contributed by atoms with Crippen LogP contribution in [0.1, 0.15) is 24.3 Å². The van der Waals surface area contributed by atoms with E-state index in [0.29, 0.717) is 5.56 Å². The molecule has 0 aliphatic carbocycles. The smallest absolute Gasteiger partial charge is 0.190 e. The molecule has 88 valence electrons. The molecule has 1 saturated heterocycles. The molecule has 0 spiro atoms. The summed E-state index contributed by atoms with van der Waals surface area (Å²) in [6.45, 7) is 1.77. The molecule has 0 saturated carbocycles. The van der Waals surface area contributed by atoms with Crippen molar-refractivity contribution in [3.63, 3.8) is 0 Å². The number of nitrogens with one attached hydrogen (secondary N) is 1. The van der Waals surface area contributed by atoms with Gasteiger partial charge >= 0.3 is 0 Å². The Bertz CT molecular complexity index is 352. The van der Waals surface area contributed by atoms with Crippen LogP contribution in [-0.2, 0) is 0 Å². The third-order valence-corrected chi connectivity index (χ3v) is 2.99. The van der Waals surface area contributed by atoms with Crippen LogP contribution < -0.4 is 10.1 Å². The summed E-state index contributed by atoms with van der Waals surface area (Å²) >= 11 is 0. The van der Waals surface area contributed by atoms with Crippen molar-refractivity contribution in [2.24, 2.45) is 0 Å². The maximum atomic E-state index is 13.5. The SMILES string of the molecule is COc1c(F)cc(C2CCCNC2)cc1F. The van der Waals surface area contributed by atoms with Crippen LogP contribution in [0.2, 0.25) is 0 Å². The molecule has 0 radical (unpaired) electrons. The Morgan fingerprint density at radius 3 is 2.50 bits per heavy atom. The largest absolute Gasteiger partial charge is 0.491 e. The van der Waals surface area contributed by atoms with E-state index in [2.05, 4.69) is 10.1 Å². The first kappa shape index (κ1) is 11.3. The number of hydrogen-bond acceptors (Lipinski definition) is 2. The highest BCUT2D eigenvalue weighted by molar-refractivity contribution is 5.33. The van der Waals surface area contributed by atoms with Crippen LogP contribution in [0.3, 0.4) is 0 Å². The van der Waals surface area contributed by atoms with E-state index in [-0.39, 0.29) is 11.7 Å². The van der Waals surface area contributed by atoms with Crippen LogP contribution in [0.4, 0.5) is 8.78 Å². The summed E-state index contributed by atoms with van der Waals surface area (Å²) < 4.78 is 31.6.